The van der Waals surface area contributed by atoms with Crippen LogP contribution in [-0.2, 0) is 10.0 Å². The molecule has 0 unspecified atom stereocenters. The summed E-state index contributed by atoms with van der Waals surface area (Å²) in [7, 11) is -3.46. The van der Waals surface area contributed by atoms with Gasteiger partial charge in [0.1, 0.15) is 0 Å². The van der Waals surface area contributed by atoms with Gasteiger partial charge in [0.15, 0.2) is 17.3 Å². The topological polar surface area (TPSA) is 68.0 Å². The zero-order chi connectivity index (χ0) is 16.2. The first-order valence-corrected chi connectivity index (χ1v) is 9.53. The summed E-state index contributed by atoms with van der Waals surface area (Å²) in [4.78, 5) is 7.00. The molecule has 2 heterocycles. The number of sulfonamides is 1. The highest BCUT2D eigenvalue weighted by Gasteiger charge is 2.28. The first-order valence-electron chi connectivity index (χ1n) is 8.05. The molecule has 124 valence electrons. The number of H-pyrrole nitrogens is 1. The van der Waals surface area contributed by atoms with Gasteiger partial charge < -0.3 is 9.80 Å². The van der Waals surface area contributed by atoms with E-state index in [1.807, 2.05) is 13.0 Å². The summed E-state index contributed by atoms with van der Waals surface area (Å²) in [5, 5.41) is 0. The highest BCUT2D eigenvalue weighted by atomic mass is 32.2. The lowest BCUT2D eigenvalue weighted by Crippen LogP contribution is -3.17. The minimum Gasteiger partial charge on any atom is -0.359 e. The third kappa shape index (κ3) is 3.97. The Hall–Kier alpha value is -1.18. The predicted molar refractivity (Wildman–Crippen MR) is 86.5 cm³/mol. The van der Waals surface area contributed by atoms with Gasteiger partial charge in [-0.3, -0.25) is 0 Å². The van der Waals surface area contributed by atoms with Crippen molar-refractivity contribution in [1.29, 1.82) is 0 Å². The standard InChI is InChI=1S/C15H26N4O2S/c1-4-6-17-22(20,21)15-12-16-7-5-14(15)19-10-8-18(9-11-19)13(2)3/h5,7,12-13,17H,4,6,8-11H2,1-3H3/p+2. The molecule has 0 radical (unpaired) electrons. The van der Waals surface area contributed by atoms with E-state index in [0.717, 1.165) is 38.3 Å². The van der Waals surface area contributed by atoms with Gasteiger partial charge in [-0.1, -0.05) is 6.92 Å². The third-order valence-corrected chi connectivity index (χ3v) is 5.69. The van der Waals surface area contributed by atoms with Crippen molar-refractivity contribution in [3.05, 3.63) is 18.5 Å². The molecule has 0 saturated carbocycles. The van der Waals surface area contributed by atoms with Crippen molar-refractivity contribution in [2.24, 2.45) is 0 Å². The summed E-state index contributed by atoms with van der Waals surface area (Å²) in [5.41, 5.74) is 0.796. The summed E-state index contributed by atoms with van der Waals surface area (Å²) in [5.74, 6) is 0. The molecule has 0 atom stereocenters. The average molecular weight is 328 g/mol. The van der Waals surface area contributed by atoms with E-state index in [0.29, 0.717) is 17.5 Å². The summed E-state index contributed by atoms with van der Waals surface area (Å²) >= 11 is 0. The van der Waals surface area contributed by atoms with E-state index in [9.17, 15) is 8.42 Å². The van der Waals surface area contributed by atoms with Crippen LogP contribution < -0.4 is 19.5 Å². The number of hydrogen-bond donors (Lipinski definition) is 2. The number of hydrogen-bond acceptors (Lipinski definition) is 3. The Morgan fingerprint density at radius 1 is 1.36 bits per heavy atom. The molecule has 0 amide bonds. The van der Waals surface area contributed by atoms with E-state index in [1.54, 1.807) is 17.3 Å². The fraction of sp³-hybridized carbons (Fsp3) is 0.667. The van der Waals surface area contributed by atoms with Crippen molar-refractivity contribution in [3.63, 3.8) is 0 Å². The average Bonchev–Trinajstić information content (AvgIpc) is 2.53. The van der Waals surface area contributed by atoms with Crippen LogP contribution in [0.4, 0.5) is 5.69 Å². The number of aromatic amines is 1. The second-order valence-corrected chi connectivity index (χ2v) is 7.83. The molecule has 0 bridgehead atoms. The van der Waals surface area contributed by atoms with Gasteiger partial charge in [-0.2, -0.15) is 0 Å². The molecule has 1 aromatic heterocycles. The number of aromatic nitrogens is 1. The van der Waals surface area contributed by atoms with Crippen molar-refractivity contribution in [2.75, 3.05) is 37.6 Å². The van der Waals surface area contributed by atoms with Crippen LogP contribution >= 0.6 is 0 Å². The second-order valence-electron chi connectivity index (χ2n) is 6.09. The predicted octanol–water partition coefficient (Wildman–Crippen LogP) is -0.698. The number of nitrogens with one attached hydrogen (secondary N) is 3. The van der Waals surface area contributed by atoms with E-state index in [4.69, 9.17) is 0 Å². The fourth-order valence-electron chi connectivity index (χ4n) is 2.81. The van der Waals surface area contributed by atoms with Crippen molar-refractivity contribution in [3.8, 4) is 0 Å². The van der Waals surface area contributed by atoms with Gasteiger partial charge in [0.25, 0.3) is 0 Å². The number of piperazine rings is 1. The molecule has 1 fully saturated rings. The first-order chi connectivity index (χ1) is 10.5. The van der Waals surface area contributed by atoms with Crippen LogP contribution in [0.15, 0.2) is 23.4 Å². The highest BCUT2D eigenvalue weighted by Crippen LogP contribution is 2.23. The Bertz CT molecular complexity index is 581. The molecule has 1 aliphatic heterocycles. The molecule has 1 aliphatic rings. The monoisotopic (exact) mass is 328 g/mol. The molecule has 3 N–H and O–H groups in total. The van der Waals surface area contributed by atoms with Crippen molar-refractivity contribution < 1.29 is 18.3 Å². The van der Waals surface area contributed by atoms with Crippen LogP contribution in [0.2, 0.25) is 0 Å². The molecule has 7 heteroatoms. The van der Waals surface area contributed by atoms with E-state index in [-0.39, 0.29) is 0 Å². The molecule has 1 saturated heterocycles. The molecule has 22 heavy (non-hydrogen) atoms. The van der Waals surface area contributed by atoms with Crippen molar-refractivity contribution >= 4 is 15.7 Å². The largest absolute Gasteiger partial charge is 0.359 e. The van der Waals surface area contributed by atoms with Gasteiger partial charge in [0, 0.05) is 12.6 Å². The van der Waals surface area contributed by atoms with Crippen LogP contribution in [-0.4, -0.2) is 47.2 Å². The van der Waals surface area contributed by atoms with Gasteiger partial charge >= 0.3 is 0 Å². The normalized spacial score (nSPS) is 17.2. The summed E-state index contributed by atoms with van der Waals surface area (Å²) < 4.78 is 27.6. The Labute approximate surface area is 133 Å². The van der Waals surface area contributed by atoms with Gasteiger partial charge in [-0.25, -0.2) is 18.1 Å². The first kappa shape index (κ1) is 17.2. The highest BCUT2D eigenvalue weighted by molar-refractivity contribution is 7.89. The molecule has 1 aromatic rings. The minimum absolute atomic E-state index is 0.344. The Kier molecular flexibility index (Phi) is 5.77. The lowest BCUT2D eigenvalue weighted by atomic mass is 10.2. The SMILES string of the molecule is CCCNS(=O)(=O)c1c[nH+]ccc1N1CC[NH+](C(C)C)CC1. The number of quaternary nitrogens is 1. The van der Waals surface area contributed by atoms with E-state index < -0.39 is 10.0 Å². The maximum absolute atomic E-state index is 12.5. The number of nitrogens with zero attached hydrogens (tertiary/aromatic N) is 1. The Morgan fingerprint density at radius 2 is 2.05 bits per heavy atom. The van der Waals surface area contributed by atoms with E-state index in [2.05, 4.69) is 28.5 Å². The number of anilines is 1. The summed E-state index contributed by atoms with van der Waals surface area (Å²) in [6, 6.07) is 2.47. The number of rotatable bonds is 6. The minimum atomic E-state index is -3.46. The smallest absolute Gasteiger partial charge is 0.248 e. The van der Waals surface area contributed by atoms with E-state index >= 15 is 0 Å². The Balaban J connectivity index is 2.19. The van der Waals surface area contributed by atoms with Gasteiger partial charge in [-0.15, -0.1) is 0 Å². The van der Waals surface area contributed by atoms with Crippen molar-refractivity contribution in [1.82, 2.24) is 4.72 Å². The third-order valence-electron chi connectivity index (χ3n) is 4.20. The summed E-state index contributed by atoms with van der Waals surface area (Å²) in [6.07, 6.45) is 4.15. The maximum Gasteiger partial charge on any atom is 0.248 e. The maximum atomic E-state index is 12.5. The van der Waals surface area contributed by atoms with Crippen LogP contribution in [0.25, 0.3) is 0 Å². The zero-order valence-electron chi connectivity index (χ0n) is 13.7. The summed E-state index contributed by atoms with van der Waals surface area (Å²) in [6.45, 7) is 10.7. The molecule has 6 nitrogen and oxygen atoms in total. The lowest BCUT2D eigenvalue weighted by molar-refractivity contribution is -0.921. The zero-order valence-corrected chi connectivity index (χ0v) is 14.5. The molecule has 2 rings (SSSR count). The molecule has 0 aliphatic carbocycles. The van der Waals surface area contributed by atoms with Crippen LogP contribution in [0.5, 0.6) is 0 Å². The number of pyridine rings is 1. The fourth-order valence-corrected chi connectivity index (χ4v) is 4.13. The second kappa shape index (κ2) is 7.39. The van der Waals surface area contributed by atoms with Gasteiger partial charge in [0.05, 0.1) is 37.9 Å². The Morgan fingerprint density at radius 3 is 2.64 bits per heavy atom. The van der Waals surface area contributed by atoms with Crippen LogP contribution in [0, 0.1) is 0 Å². The lowest BCUT2D eigenvalue weighted by Gasteiger charge is -2.35. The quantitative estimate of drug-likeness (QED) is 0.726. The molecular formula is C15H28N4O2S+2. The molecule has 0 aromatic carbocycles. The van der Waals surface area contributed by atoms with E-state index in [1.165, 1.54) is 0 Å². The molecular weight excluding hydrogens is 300 g/mol. The van der Waals surface area contributed by atoms with Crippen LogP contribution in [0.3, 0.4) is 0 Å². The van der Waals surface area contributed by atoms with Gasteiger partial charge in [0.2, 0.25) is 10.0 Å². The van der Waals surface area contributed by atoms with Crippen molar-refractivity contribution in [2.45, 2.75) is 38.1 Å². The van der Waals surface area contributed by atoms with Crippen LogP contribution in [0.1, 0.15) is 27.2 Å². The van der Waals surface area contributed by atoms with Gasteiger partial charge in [-0.05, 0) is 20.3 Å². The molecule has 0 spiro atoms.